The van der Waals surface area contributed by atoms with Crippen molar-refractivity contribution >= 4 is 15.5 Å². The Balaban J connectivity index is 2.26. The maximum Gasteiger partial charge on any atom is 0.182 e. The molecule has 1 aromatic carbocycles. The molecule has 0 aliphatic carbocycles. The Morgan fingerprint density at radius 3 is 2.75 bits per heavy atom. The highest BCUT2D eigenvalue weighted by Crippen LogP contribution is 2.21. The molecule has 108 valence electrons. The van der Waals surface area contributed by atoms with Crippen LogP contribution in [0.4, 0.5) is 5.69 Å². The van der Waals surface area contributed by atoms with Crippen molar-refractivity contribution in [3.8, 4) is 11.4 Å². The van der Waals surface area contributed by atoms with Crippen LogP contribution in [0.5, 0.6) is 0 Å². The summed E-state index contributed by atoms with van der Waals surface area (Å²) in [4.78, 5) is 0. The van der Waals surface area contributed by atoms with Crippen molar-refractivity contribution in [3.05, 3.63) is 23.8 Å². The van der Waals surface area contributed by atoms with Crippen LogP contribution in [0.1, 0.15) is 12.5 Å². The lowest BCUT2D eigenvalue weighted by Gasteiger charge is -2.06. The van der Waals surface area contributed by atoms with E-state index in [0.717, 1.165) is 11.1 Å². The third-order valence-electron chi connectivity index (χ3n) is 3.11. The van der Waals surface area contributed by atoms with Gasteiger partial charge >= 0.3 is 0 Å². The standard InChI is InChI=1S/C12H17N5O2S/c1-3-20(18,19)7-6-17-12(14-15-16-17)10-4-5-11(13)9(2)8-10/h4-5,8H,3,6-7,13H2,1-2H3. The zero-order valence-electron chi connectivity index (χ0n) is 11.4. The van der Waals surface area contributed by atoms with Crippen LogP contribution in [0, 0.1) is 6.92 Å². The number of nitrogens with two attached hydrogens (primary N) is 1. The van der Waals surface area contributed by atoms with Crippen molar-refractivity contribution in [3.63, 3.8) is 0 Å². The van der Waals surface area contributed by atoms with Crippen LogP contribution in [0.25, 0.3) is 11.4 Å². The molecule has 0 fully saturated rings. The van der Waals surface area contributed by atoms with Gasteiger partial charge in [-0.3, -0.25) is 0 Å². The lowest BCUT2D eigenvalue weighted by Crippen LogP contribution is -2.16. The smallest absolute Gasteiger partial charge is 0.182 e. The summed E-state index contributed by atoms with van der Waals surface area (Å²) in [5.41, 5.74) is 8.22. The molecule has 0 saturated heterocycles. The normalized spacial score (nSPS) is 11.7. The van der Waals surface area contributed by atoms with E-state index < -0.39 is 9.84 Å². The predicted octanol–water partition coefficient (Wildman–Crippen LogP) is 0.665. The Kier molecular flexibility index (Phi) is 4.03. The topological polar surface area (TPSA) is 104 Å². The molecule has 7 nitrogen and oxygen atoms in total. The molecule has 0 unspecified atom stereocenters. The van der Waals surface area contributed by atoms with Gasteiger partial charge in [-0.1, -0.05) is 6.92 Å². The molecule has 0 spiro atoms. The summed E-state index contributed by atoms with van der Waals surface area (Å²) in [5, 5.41) is 11.4. The van der Waals surface area contributed by atoms with Crippen molar-refractivity contribution in [2.45, 2.75) is 20.4 Å². The molecule has 2 aromatic rings. The monoisotopic (exact) mass is 295 g/mol. The number of benzene rings is 1. The van der Waals surface area contributed by atoms with Crippen LogP contribution >= 0.6 is 0 Å². The number of nitrogen functional groups attached to an aromatic ring is 1. The molecule has 0 bridgehead atoms. The fourth-order valence-corrected chi connectivity index (χ4v) is 2.49. The maximum atomic E-state index is 11.5. The van der Waals surface area contributed by atoms with Crippen molar-refractivity contribution in [2.24, 2.45) is 0 Å². The van der Waals surface area contributed by atoms with Gasteiger partial charge in [-0.15, -0.1) is 5.10 Å². The second-order valence-corrected chi connectivity index (χ2v) is 7.01. The third kappa shape index (κ3) is 3.13. The summed E-state index contributed by atoms with van der Waals surface area (Å²) in [6.45, 7) is 3.76. The first-order valence-corrected chi connectivity index (χ1v) is 8.08. The van der Waals surface area contributed by atoms with Crippen LogP contribution in [0.3, 0.4) is 0 Å². The average molecular weight is 295 g/mol. The molecule has 2 rings (SSSR count). The molecule has 0 radical (unpaired) electrons. The number of hydrogen-bond donors (Lipinski definition) is 1. The average Bonchev–Trinajstić information content (AvgIpc) is 2.88. The molecule has 0 aliphatic rings. The van der Waals surface area contributed by atoms with E-state index in [1.807, 2.05) is 19.1 Å². The Morgan fingerprint density at radius 2 is 2.10 bits per heavy atom. The SMILES string of the molecule is CCS(=O)(=O)CCn1nnnc1-c1ccc(N)c(C)c1. The minimum atomic E-state index is -3.05. The number of nitrogens with zero attached hydrogens (tertiary/aromatic N) is 4. The molecular formula is C12H17N5O2S. The van der Waals surface area contributed by atoms with E-state index >= 15 is 0 Å². The lowest BCUT2D eigenvalue weighted by molar-refractivity contribution is 0.577. The summed E-state index contributed by atoms with van der Waals surface area (Å²) in [6.07, 6.45) is 0. The van der Waals surface area contributed by atoms with Gasteiger partial charge in [0.2, 0.25) is 0 Å². The molecule has 1 aromatic heterocycles. The molecule has 0 atom stereocenters. The van der Waals surface area contributed by atoms with Crippen molar-refractivity contribution in [2.75, 3.05) is 17.2 Å². The Hall–Kier alpha value is -1.96. The molecule has 0 saturated carbocycles. The highest BCUT2D eigenvalue weighted by Gasteiger charge is 2.13. The van der Waals surface area contributed by atoms with Gasteiger partial charge in [0.15, 0.2) is 15.7 Å². The van der Waals surface area contributed by atoms with E-state index in [2.05, 4.69) is 15.5 Å². The number of sulfone groups is 1. The first kappa shape index (κ1) is 14.4. The zero-order valence-corrected chi connectivity index (χ0v) is 12.3. The predicted molar refractivity (Wildman–Crippen MR) is 76.7 cm³/mol. The lowest BCUT2D eigenvalue weighted by atomic mass is 10.1. The minimum absolute atomic E-state index is 0.0233. The molecular weight excluding hydrogens is 278 g/mol. The largest absolute Gasteiger partial charge is 0.399 e. The first-order valence-electron chi connectivity index (χ1n) is 6.26. The second kappa shape index (κ2) is 5.58. The maximum absolute atomic E-state index is 11.5. The Bertz CT molecular complexity index is 708. The van der Waals surface area contributed by atoms with Crippen LogP contribution in [-0.2, 0) is 16.4 Å². The van der Waals surface area contributed by atoms with Gasteiger partial charge in [0.05, 0.1) is 12.3 Å². The van der Waals surface area contributed by atoms with Gasteiger partial charge in [-0.05, 0) is 41.1 Å². The Labute approximate surface area is 117 Å². The van der Waals surface area contributed by atoms with Crippen molar-refractivity contribution < 1.29 is 8.42 Å². The number of tetrazole rings is 1. The van der Waals surface area contributed by atoms with E-state index in [0.29, 0.717) is 11.5 Å². The number of hydrogen-bond acceptors (Lipinski definition) is 6. The van der Waals surface area contributed by atoms with E-state index in [1.54, 1.807) is 13.0 Å². The third-order valence-corrected chi connectivity index (χ3v) is 4.80. The van der Waals surface area contributed by atoms with E-state index in [4.69, 9.17) is 5.73 Å². The minimum Gasteiger partial charge on any atom is -0.399 e. The summed E-state index contributed by atoms with van der Waals surface area (Å²) in [7, 11) is -3.05. The molecule has 2 N–H and O–H groups in total. The van der Waals surface area contributed by atoms with Crippen LogP contribution < -0.4 is 5.73 Å². The summed E-state index contributed by atoms with van der Waals surface area (Å²) in [5.74, 6) is 0.681. The molecule has 1 heterocycles. The van der Waals surface area contributed by atoms with Gasteiger partial charge in [-0.25, -0.2) is 13.1 Å². The number of rotatable bonds is 5. The van der Waals surface area contributed by atoms with Crippen LogP contribution in [0.15, 0.2) is 18.2 Å². The molecule has 8 heteroatoms. The second-order valence-electron chi connectivity index (χ2n) is 4.53. The fourth-order valence-electron chi connectivity index (χ4n) is 1.75. The highest BCUT2D eigenvalue weighted by molar-refractivity contribution is 7.91. The Morgan fingerprint density at radius 1 is 1.35 bits per heavy atom. The summed E-state index contributed by atoms with van der Waals surface area (Å²) in [6, 6.07) is 5.48. The molecule has 20 heavy (non-hydrogen) atoms. The fraction of sp³-hybridized carbons (Fsp3) is 0.417. The molecule has 0 amide bonds. The number of aryl methyl sites for hydroxylation is 2. The summed E-state index contributed by atoms with van der Waals surface area (Å²) < 4.78 is 24.6. The first-order chi connectivity index (χ1) is 9.43. The van der Waals surface area contributed by atoms with E-state index in [1.165, 1.54) is 4.68 Å². The quantitative estimate of drug-likeness (QED) is 0.813. The van der Waals surface area contributed by atoms with Gasteiger partial charge in [0, 0.05) is 17.0 Å². The van der Waals surface area contributed by atoms with Crippen molar-refractivity contribution in [1.29, 1.82) is 0 Å². The van der Waals surface area contributed by atoms with Gasteiger partial charge < -0.3 is 5.73 Å². The zero-order chi connectivity index (χ0) is 14.8. The molecule has 0 aliphatic heterocycles. The van der Waals surface area contributed by atoms with Crippen molar-refractivity contribution in [1.82, 2.24) is 20.2 Å². The van der Waals surface area contributed by atoms with Crippen LogP contribution in [-0.4, -0.2) is 40.1 Å². The van der Waals surface area contributed by atoms with E-state index in [9.17, 15) is 8.42 Å². The highest BCUT2D eigenvalue weighted by atomic mass is 32.2. The van der Waals surface area contributed by atoms with Gasteiger partial charge in [0.1, 0.15) is 0 Å². The van der Waals surface area contributed by atoms with Gasteiger partial charge in [-0.2, -0.15) is 0 Å². The van der Waals surface area contributed by atoms with Gasteiger partial charge in [0.25, 0.3) is 0 Å². The number of aromatic nitrogens is 4. The number of anilines is 1. The van der Waals surface area contributed by atoms with E-state index in [-0.39, 0.29) is 18.1 Å². The summed E-state index contributed by atoms with van der Waals surface area (Å²) >= 11 is 0. The van der Waals surface area contributed by atoms with Crippen LogP contribution in [0.2, 0.25) is 0 Å².